The Morgan fingerprint density at radius 2 is 2.12 bits per heavy atom. The zero-order valence-corrected chi connectivity index (χ0v) is 9.43. The van der Waals surface area contributed by atoms with Gasteiger partial charge >= 0.3 is 5.97 Å². The molecule has 0 atom stereocenters. The van der Waals surface area contributed by atoms with Gasteiger partial charge in [0.05, 0.1) is 18.8 Å². The first kappa shape index (κ1) is 12.4. The van der Waals surface area contributed by atoms with Crippen LogP contribution in [0.2, 0.25) is 0 Å². The van der Waals surface area contributed by atoms with Gasteiger partial charge in [0.2, 0.25) is 0 Å². The molecule has 0 aliphatic heterocycles. The summed E-state index contributed by atoms with van der Waals surface area (Å²) in [7, 11) is 0. The fourth-order valence-electron chi connectivity index (χ4n) is 1.37. The predicted molar refractivity (Wildman–Crippen MR) is 59.5 cm³/mol. The van der Waals surface area contributed by atoms with Crippen LogP contribution in [0.15, 0.2) is 18.3 Å². The van der Waals surface area contributed by atoms with Gasteiger partial charge in [0, 0.05) is 12.2 Å². The highest BCUT2D eigenvalue weighted by Crippen LogP contribution is 2.02. The minimum atomic E-state index is -0.923. The molecule has 0 amide bonds. The Balaban J connectivity index is 2.61. The maximum absolute atomic E-state index is 11.7. The summed E-state index contributed by atoms with van der Waals surface area (Å²) in [6.07, 6.45) is 1.67. The lowest BCUT2D eigenvalue weighted by Crippen LogP contribution is -2.39. The number of carbonyl (C=O) groups excluding carboxylic acids is 1. The molecule has 1 aromatic rings. The summed E-state index contributed by atoms with van der Waals surface area (Å²) in [5.74, 6) is -1.02. The van der Waals surface area contributed by atoms with E-state index in [1.165, 1.54) is 0 Å². The molecular weight excluding hydrogens is 208 g/mol. The number of aromatic amines is 1. The highest BCUT2D eigenvalue weighted by molar-refractivity contribution is 5.96. The van der Waals surface area contributed by atoms with Crippen molar-refractivity contribution < 1.29 is 14.7 Å². The second kappa shape index (κ2) is 5.46. The molecule has 88 valence electrons. The molecule has 1 rings (SSSR count). The van der Waals surface area contributed by atoms with Crippen molar-refractivity contribution in [3.05, 3.63) is 24.0 Å². The van der Waals surface area contributed by atoms with Gasteiger partial charge in [0.1, 0.15) is 0 Å². The molecule has 0 aromatic carbocycles. The average Bonchev–Trinajstić information content (AvgIpc) is 2.68. The molecule has 0 unspecified atom stereocenters. The van der Waals surface area contributed by atoms with E-state index in [0.717, 1.165) is 0 Å². The number of carboxylic acids is 1. The zero-order chi connectivity index (χ0) is 12.1. The summed E-state index contributed by atoms with van der Waals surface area (Å²) in [5, 5.41) is 8.72. The second-order valence-electron chi connectivity index (χ2n) is 3.90. The topological polar surface area (TPSA) is 73.4 Å². The molecule has 0 saturated carbocycles. The molecule has 16 heavy (non-hydrogen) atoms. The maximum atomic E-state index is 11.7. The number of ketones is 1. The van der Waals surface area contributed by atoms with E-state index in [1.807, 2.05) is 13.8 Å². The smallest absolute Gasteiger partial charge is 0.317 e. The number of aromatic nitrogens is 1. The molecule has 5 nitrogen and oxygen atoms in total. The number of aliphatic carboxylic acids is 1. The summed E-state index contributed by atoms with van der Waals surface area (Å²) in [6, 6.07) is 3.45. The molecule has 0 fully saturated rings. The monoisotopic (exact) mass is 224 g/mol. The molecule has 1 aromatic heterocycles. The summed E-state index contributed by atoms with van der Waals surface area (Å²) in [6.45, 7) is 3.73. The summed E-state index contributed by atoms with van der Waals surface area (Å²) < 4.78 is 0. The Bertz CT molecular complexity index is 357. The normalized spacial score (nSPS) is 11.0. The van der Waals surface area contributed by atoms with E-state index >= 15 is 0 Å². The van der Waals surface area contributed by atoms with Crippen LogP contribution >= 0.6 is 0 Å². The molecule has 0 saturated heterocycles. The fourth-order valence-corrected chi connectivity index (χ4v) is 1.37. The van der Waals surface area contributed by atoms with E-state index in [0.29, 0.717) is 5.69 Å². The van der Waals surface area contributed by atoms with Crippen molar-refractivity contribution in [3.8, 4) is 0 Å². The largest absolute Gasteiger partial charge is 0.480 e. The number of H-pyrrole nitrogens is 1. The standard InChI is InChI=1S/C11H16N2O3/c1-8(2)13(7-11(15)16)6-10(14)9-4-3-5-12-9/h3-5,8,12H,6-7H2,1-2H3,(H,15,16). The van der Waals surface area contributed by atoms with Crippen molar-refractivity contribution in [3.63, 3.8) is 0 Å². The molecule has 5 heteroatoms. The minimum Gasteiger partial charge on any atom is -0.480 e. The maximum Gasteiger partial charge on any atom is 0.317 e. The predicted octanol–water partition coefficient (Wildman–Crippen LogP) is 0.992. The van der Waals surface area contributed by atoms with Gasteiger partial charge in [-0.15, -0.1) is 0 Å². The summed E-state index contributed by atoms with van der Waals surface area (Å²) in [5.41, 5.74) is 0.510. The van der Waals surface area contributed by atoms with E-state index in [4.69, 9.17) is 5.11 Å². The third-order valence-electron chi connectivity index (χ3n) is 2.31. The average molecular weight is 224 g/mol. The Kier molecular flexibility index (Phi) is 4.25. The molecule has 2 N–H and O–H groups in total. The van der Waals surface area contributed by atoms with E-state index in [9.17, 15) is 9.59 Å². The van der Waals surface area contributed by atoms with Crippen molar-refractivity contribution in [2.45, 2.75) is 19.9 Å². The van der Waals surface area contributed by atoms with Gasteiger partial charge in [-0.05, 0) is 26.0 Å². The zero-order valence-electron chi connectivity index (χ0n) is 9.43. The molecule has 0 spiro atoms. The second-order valence-corrected chi connectivity index (χ2v) is 3.90. The van der Waals surface area contributed by atoms with Gasteiger partial charge < -0.3 is 10.1 Å². The van der Waals surface area contributed by atoms with Gasteiger partial charge in [-0.25, -0.2) is 0 Å². The number of carbonyl (C=O) groups is 2. The van der Waals surface area contributed by atoms with Gasteiger partial charge in [-0.3, -0.25) is 14.5 Å². The fraction of sp³-hybridized carbons (Fsp3) is 0.455. The number of nitrogens with one attached hydrogen (secondary N) is 1. The third kappa shape index (κ3) is 3.51. The molecule has 0 radical (unpaired) electrons. The van der Waals surface area contributed by atoms with Crippen molar-refractivity contribution >= 4 is 11.8 Å². The quantitative estimate of drug-likeness (QED) is 0.707. The SMILES string of the molecule is CC(C)N(CC(=O)O)CC(=O)c1ccc[nH]1. The number of Topliss-reactive ketones (excluding diaryl/α,β-unsaturated/α-hetero) is 1. The van der Waals surface area contributed by atoms with Gasteiger partial charge in [0.15, 0.2) is 5.78 Å². The molecule has 0 bridgehead atoms. The molecular formula is C11H16N2O3. The lowest BCUT2D eigenvalue weighted by molar-refractivity contribution is -0.138. The Morgan fingerprint density at radius 3 is 2.56 bits per heavy atom. The number of hydrogen-bond acceptors (Lipinski definition) is 3. The number of carboxylic acid groups (broad SMARTS) is 1. The van der Waals surface area contributed by atoms with Crippen molar-refractivity contribution in [1.82, 2.24) is 9.88 Å². The summed E-state index contributed by atoms with van der Waals surface area (Å²) >= 11 is 0. The van der Waals surface area contributed by atoms with E-state index < -0.39 is 5.97 Å². The van der Waals surface area contributed by atoms with E-state index in [2.05, 4.69) is 4.98 Å². The van der Waals surface area contributed by atoms with Crippen LogP contribution in [0.25, 0.3) is 0 Å². The number of rotatable bonds is 6. The van der Waals surface area contributed by atoms with Crippen LogP contribution < -0.4 is 0 Å². The number of nitrogens with zero attached hydrogens (tertiary/aromatic N) is 1. The lowest BCUT2D eigenvalue weighted by atomic mass is 10.2. The van der Waals surface area contributed by atoms with Crippen LogP contribution in [0.3, 0.4) is 0 Å². The van der Waals surface area contributed by atoms with Crippen LogP contribution in [0.4, 0.5) is 0 Å². The highest BCUT2D eigenvalue weighted by atomic mass is 16.4. The van der Waals surface area contributed by atoms with Crippen LogP contribution in [0.5, 0.6) is 0 Å². The van der Waals surface area contributed by atoms with Crippen LogP contribution in [-0.4, -0.2) is 45.9 Å². The van der Waals surface area contributed by atoms with Crippen LogP contribution in [-0.2, 0) is 4.79 Å². The molecule has 0 aliphatic carbocycles. The molecule has 0 aliphatic rings. The van der Waals surface area contributed by atoms with E-state index in [1.54, 1.807) is 23.2 Å². The van der Waals surface area contributed by atoms with Crippen molar-refractivity contribution in [1.29, 1.82) is 0 Å². The molecule has 1 heterocycles. The lowest BCUT2D eigenvalue weighted by Gasteiger charge is -2.23. The highest BCUT2D eigenvalue weighted by Gasteiger charge is 2.18. The number of hydrogen-bond donors (Lipinski definition) is 2. The van der Waals surface area contributed by atoms with Crippen LogP contribution in [0, 0.1) is 0 Å². The van der Waals surface area contributed by atoms with Gasteiger partial charge in [-0.2, -0.15) is 0 Å². The minimum absolute atomic E-state index is 0.0232. The summed E-state index contributed by atoms with van der Waals surface area (Å²) in [4.78, 5) is 26.8. The first-order valence-corrected chi connectivity index (χ1v) is 5.13. The third-order valence-corrected chi connectivity index (χ3v) is 2.31. The van der Waals surface area contributed by atoms with E-state index in [-0.39, 0.29) is 24.9 Å². The van der Waals surface area contributed by atoms with Crippen molar-refractivity contribution in [2.75, 3.05) is 13.1 Å². The Morgan fingerprint density at radius 1 is 1.44 bits per heavy atom. The van der Waals surface area contributed by atoms with Gasteiger partial charge in [-0.1, -0.05) is 0 Å². The Labute approximate surface area is 94.1 Å². The first-order chi connectivity index (χ1) is 7.50. The Hall–Kier alpha value is -1.62. The van der Waals surface area contributed by atoms with Crippen LogP contribution in [0.1, 0.15) is 24.3 Å². The van der Waals surface area contributed by atoms with Crippen molar-refractivity contribution in [2.24, 2.45) is 0 Å². The van der Waals surface area contributed by atoms with Gasteiger partial charge in [0.25, 0.3) is 0 Å². The first-order valence-electron chi connectivity index (χ1n) is 5.13.